The molecule has 1 amide bonds. The Hall–Kier alpha value is -2.17. The lowest BCUT2D eigenvalue weighted by molar-refractivity contribution is -0.122. The first kappa shape index (κ1) is 11.3. The molecule has 0 saturated carbocycles. The first-order chi connectivity index (χ1) is 8.24. The summed E-state index contributed by atoms with van der Waals surface area (Å²) in [5.41, 5.74) is 0.861. The Morgan fingerprint density at radius 1 is 1.35 bits per heavy atom. The minimum atomic E-state index is -0.281. The topological polar surface area (TPSA) is 46.9 Å². The highest BCUT2D eigenvalue weighted by Gasteiger charge is 2.02. The molecule has 0 spiro atoms. The first-order valence-electron chi connectivity index (χ1n) is 5.22. The summed E-state index contributed by atoms with van der Waals surface area (Å²) < 4.78 is 14.2. The third-order valence-corrected chi connectivity index (χ3v) is 2.27. The zero-order valence-corrected chi connectivity index (χ0v) is 9.14. The summed E-state index contributed by atoms with van der Waals surface area (Å²) in [6.45, 7) is 0.578. The normalized spacial score (nSPS) is 10.2. The third-order valence-electron chi connectivity index (χ3n) is 2.27. The van der Waals surface area contributed by atoms with Crippen LogP contribution in [0.2, 0.25) is 0 Å². The lowest BCUT2D eigenvalue weighted by atomic mass is 10.2. The van der Waals surface area contributed by atoms with E-state index >= 15 is 0 Å². The largest absolute Gasteiger partial charge is 0.350 e. The molecular formula is C12H12FN3O. The smallest absolute Gasteiger partial charge is 0.241 e. The molecule has 0 fully saturated rings. The molecule has 5 heteroatoms. The molecule has 88 valence electrons. The number of rotatable bonds is 4. The third kappa shape index (κ3) is 3.41. The van der Waals surface area contributed by atoms with Crippen LogP contribution in [0.15, 0.2) is 42.7 Å². The van der Waals surface area contributed by atoms with Gasteiger partial charge in [0.25, 0.3) is 0 Å². The lowest BCUT2D eigenvalue weighted by Gasteiger charge is -2.05. The van der Waals surface area contributed by atoms with Gasteiger partial charge in [-0.1, -0.05) is 12.1 Å². The van der Waals surface area contributed by atoms with Gasteiger partial charge in [0.1, 0.15) is 12.4 Å². The summed E-state index contributed by atoms with van der Waals surface area (Å²) in [6.07, 6.45) is 3.34. The number of benzene rings is 1. The zero-order valence-electron chi connectivity index (χ0n) is 9.14. The van der Waals surface area contributed by atoms with Gasteiger partial charge in [-0.25, -0.2) is 4.39 Å². The van der Waals surface area contributed by atoms with Gasteiger partial charge in [-0.3, -0.25) is 9.48 Å². The number of nitrogens with one attached hydrogen (secondary N) is 1. The van der Waals surface area contributed by atoms with Crippen LogP contribution in [0.1, 0.15) is 5.56 Å². The predicted octanol–water partition coefficient (Wildman–Crippen LogP) is 1.34. The SMILES string of the molecule is O=C(Cn1cccn1)NCc1ccc(F)cc1. The molecule has 2 aromatic rings. The van der Waals surface area contributed by atoms with Crippen LogP contribution in [0.4, 0.5) is 4.39 Å². The van der Waals surface area contributed by atoms with Crippen molar-refractivity contribution in [1.82, 2.24) is 15.1 Å². The van der Waals surface area contributed by atoms with Crippen molar-refractivity contribution < 1.29 is 9.18 Å². The molecule has 1 N–H and O–H groups in total. The Bertz CT molecular complexity index is 479. The lowest BCUT2D eigenvalue weighted by Crippen LogP contribution is -2.27. The van der Waals surface area contributed by atoms with Gasteiger partial charge in [-0.2, -0.15) is 5.10 Å². The fourth-order valence-electron chi connectivity index (χ4n) is 1.40. The van der Waals surface area contributed by atoms with Crippen molar-refractivity contribution >= 4 is 5.91 Å². The Morgan fingerprint density at radius 2 is 2.12 bits per heavy atom. The van der Waals surface area contributed by atoms with E-state index in [0.717, 1.165) is 5.56 Å². The van der Waals surface area contributed by atoms with Crippen molar-refractivity contribution in [3.05, 3.63) is 54.1 Å². The maximum atomic E-state index is 12.6. The maximum Gasteiger partial charge on any atom is 0.241 e. The number of nitrogens with zero attached hydrogens (tertiary/aromatic N) is 2. The van der Waals surface area contributed by atoms with Crippen LogP contribution in [0.25, 0.3) is 0 Å². The molecular weight excluding hydrogens is 221 g/mol. The fourth-order valence-corrected chi connectivity index (χ4v) is 1.40. The summed E-state index contributed by atoms with van der Waals surface area (Å²) in [7, 11) is 0. The van der Waals surface area contributed by atoms with Crippen molar-refractivity contribution in [2.24, 2.45) is 0 Å². The number of hydrogen-bond donors (Lipinski definition) is 1. The molecule has 0 saturated heterocycles. The van der Waals surface area contributed by atoms with E-state index in [4.69, 9.17) is 0 Å². The molecule has 0 bridgehead atoms. The van der Waals surface area contributed by atoms with E-state index in [1.54, 1.807) is 35.3 Å². The molecule has 0 unspecified atom stereocenters. The summed E-state index contributed by atoms with van der Waals surface area (Å²) in [5, 5.41) is 6.66. The van der Waals surface area contributed by atoms with Crippen LogP contribution in [-0.4, -0.2) is 15.7 Å². The molecule has 0 aliphatic rings. The molecule has 4 nitrogen and oxygen atoms in total. The summed E-state index contributed by atoms with van der Waals surface area (Å²) >= 11 is 0. The van der Waals surface area contributed by atoms with Crippen LogP contribution in [0, 0.1) is 5.82 Å². The molecule has 17 heavy (non-hydrogen) atoms. The van der Waals surface area contributed by atoms with Crippen molar-refractivity contribution in [1.29, 1.82) is 0 Å². The van der Waals surface area contributed by atoms with E-state index in [2.05, 4.69) is 10.4 Å². The Labute approximate surface area is 98.1 Å². The van der Waals surface area contributed by atoms with Gasteiger partial charge in [-0.15, -0.1) is 0 Å². The summed E-state index contributed by atoms with van der Waals surface area (Å²) in [6, 6.07) is 7.78. The quantitative estimate of drug-likeness (QED) is 0.866. The molecule has 0 atom stereocenters. The average Bonchev–Trinajstić information content (AvgIpc) is 2.81. The molecule has 0 aliphatic heterocycles. The first-order valence-corrected chi connectivity index (χ1v) is 5.22. The zero-order chi connectivity index (χ0) is 12.1. The second kappa shape index (κ2) is 5.25. The highest BCUT2D eigenvalue weighted by molar-refractivity contribution is 5.75. The minimum Gasteiger partial charge on any atom is -0.350 e. The summed E-state index contributed by atoms with van der Waals surface area (Å²) in [4.78, 5) is 11.5. The van der Waals surface area contributed by atoms with Crippen molar-refractivity contribution in [2.75, 3.05) is 0 Å². The Balaban J connectivity index is 1.82. The second-order valence-electron chi connectivity index (χ2n) is 3.61. The average molecular weight is 233 g/mol. The standard InChI is InChI=1S/C12H12FN3O/c13-11-4-2-10(3-5-11)8-14-12(17)9-16-7-1-6-15-16/h1-7H,8-9H2,(H,14,17). The number of amides is 1. The second-order valence-corrected chi connectivity index (χ2v) is 3.61. The highest BCUT2D eigenvalue weighted by Crippen LogP contribution is 2.01. The van der Waals surface area contributed by atoms with Gasteiger partial charge in [0, 0.05) is 18.9 Å². The minimum absolute atomic E-state index is 0.127. The van der Waals surface area contributed by atoms with E-state index < -0.39 is 0 Å². The number of carbonyl (C=O) groups is 1. The van der Waals surface area contributed by atoms with Crippen LogP contribution >= 0.6 is 0 Å². The number of halogens is 1. The molecule has 1 heterocycles. The van der Waals surface area contributed by atoms with E-state index in [0.29, 0.717) is 6.54 Å². The predicted molar refractivity (Wildman–Crippen MR) is 60.5 cm³/mol. The Morgan fingerprint density at radius 3 is 2.76 bits per heavy atom. The van der Waals surface area contributed by atoms with Crippen LogP contribution in [0.5, 0.6) is 0 Å². The van der Waals surface area contributed by atoms with Crippen LogP contribution in [-0.2, 0) is 17.9 Å². The van der Waals surface area contributed by atoms with Gasteiger partial charge in [0.15, 0.2) is 0 Å². The van der Waals surface area contributed by atoms with E-state index in [9.17, 15) is 9.18 Å². The van der Waals surface area contributed by atoms with Crippen LogP contribution in [0.3, 0.4) is 0 Å². The van der Waals surface area contributed by atoms with Gasteiger partial charge in [0.05, 0.1) is 0 Å². The van der Waals surface area contributed by atoms with Crippen molar-refractivity contribution in [3.63, 3.8) is 0 Å². The molecule has 1 aromatic carbocycles. The maximum absolute atomic E-state index is 12.6. The van der Waals surface area contributed by atoms with Gasteiger partial charge in [0.2, 0.25) is 5.91 Å². The van der Waals surface area contributed by atoms with E-state index in [-0.39, 0.29) is 18.3 Å². The van der Waals surface area contributed by atoms with Crippen LogP contribution < -0.4 is 5.32 Å². The van der Waals surface area contributed by atoms with Gasteiger partial charge in [-0.05, 0) is 23.8 Å². The van der Waals surface area contributed by atoms with E-state index in [1.807, 2.05) is 0 Å². The number of aromatic nitrogens is 2. The molecule has 2 rings (SSSR count). The van der Waals surface area contributed by atoms with Gasteiger partial charge < -0.3 is 5.32 Å². The van der Waals surface area contributed by atoms with Crippen molar-refractivity contribution in [3.8, 4) is 0 Å². The summed E-state index contributed by atoms with van der Waals surface area (Å²) in [5.74, 6) is -0.408. The van der Waals surface area contributed by atoms with Gasteiger partial charge >= 0.3 is 0 Å². The fraction of sp³-hybridized carbons (Fsp3) is 0.167. The Kier molecular flexibility index (Phi) is 3.49. The molecule has 1 aromatic heterocycles. The highest BCUT2D eigenvalue weighted by atomic mass is 19.1. The molecule has 0 radical (unpaired) electrons. The van der Waals surface area contributed by atoms with Crippen molar-refractivity contribution in [2.45, 2.75) is 13.1 Å². The number of hydrogen-bond acceptors (Lipinski definition) is 2. The van der Waals surface area contributed by atoms with E-state index in [1.165, 1.54) is 12.1 Å². The molecule has 0 aliphatic carbocycles. The number of carbonyl (C=O) groups excluding carboxylic acids is 1. The monoisotopic (exact) mass is 233 g/mol.